The second-order valence-electron chi connectivity index (χ2n) is 8.83. The van der Waals surface area contributed by atoms with Crippen molar-refractivity contribution in [2.24, 2.45) is 11.8 Å². The van der Waals surface area contributed by atoms with Crippen molar-refractivity contribution in [1.29, 1.82) is 0 Å². The van der Waals surface area contributed by atoms with Crippen LogP contribution in [0.4, 0.5) is 0 Å². The smallest absolute Gasteiger partial charge is 0.262 e. The Balaban J connectivity index is 1.33. The molecule has 1 amide bonds. The Labute approximate surface area is 187 Å². The van der Waals surface area contributed by atoms with Gasteiger partial charge in [-0.1, -0.05) is 66.7 Å². The third-order valence-electron chi connectivity index (χ3n) is 6.85. The summed E-state index contributed by atoms with van der Waals surface area (Å²) in [7, 11) is 0. The summed E-state index contributed by atoms with van der Waals surface area (Å²) in [4.78, 5) is 16.7. The van der Waals surface area contributed by atoms with Gasteiger partial charge in [-0.25, -0.2) is 0 Å². The lowest BCUT2D eigenvalue weighted by Crippen LogP contribution is -2.56. The van der Waals surface area contributed by atoms with Crippen LogP contribution in [-0.2, 0) is 16.9 Å². The predicted molar refractivity (Wildman–Crippen MR) is 124 cm³/mol. The number of nitrogens with zero attached hydrogens (tertiary/aromatic N) is 1. The van der Waals surface area contributed by atoms with Crippen LogP contribution in [0, 0.1) is 11.8 Å². The number of benzene rings is 2. The topological polar surface area (TPSA) is 52.6 Å². The van der Waals surface area contributed by atoms with Gasteiger partial charge in [0.05, 0.1) is 4.88 Å². The van der Waals surface area contributed by atoms with E-state index in [2.05, 4.69) is 40.5 Å². The number of thiophene rings is 1. The summed E-state index contributed by atoms with van der Waals surface area (Å²) in [6.45, 7) is 2.93. The summed E-state index contributed by atoms with van der Waals surface area (Å²) in [5, 5.41) is 16.9. The van der Waals surface area contributed by atoms with E-state index in [9.17, 15) is 9.90 Å². The monoisotopic (exact) mass is 432 g/mol. The van der Waals surface area contributed by atoms with E-state index >= 15 is 0 Å². The van der Waals surface area contributed by atoms with Crippen molar-refractivity contribution in [2.45, 2.75) is 31.0 Å². The molecule has 2 N–H and O–H groups in total. The van der Waals surface area contributed by atoms with Crippen molar-refractivity contribution >= 4 is 17.2 Å². The van der Waals surface area contributed by atoms with Gasteiger partial charge in [-0.3, -0.25) is 9.69 Å². The maximum absolute atomic E-state index is 13.6. The fourth-order valence-electron chi connectivity index (χ4n) is 5.33. The quantitative estimate of drug-likeness (QED) is 0.619. The second-order valence-corrected chi connectivity index (χ2v) is 9.78. The maximum Gasteiger partial charge on any atom is 0.262 e. The molecule has 0 spiro atoms. The fourth-order valence-corrected chi connectivity index (χ4v) is 6.17. The van der Waals surface area contributed by atoms with Crippen molar-refractivity contribution in [3.63, 3.8) is 0 Å². The molecule has 0 radical (unpaired) electrons. The maximum atomic E-state index is 13.6. The van der Waals surface area contributed by atoms with Gasteiger partial charge < -0.3 is 10.4 Å². The summed E-state index contributed by atoms with van der Waals surface area (Å²) >= 11 is 1.41. The minimum absolute atomic E-state index is 0.120. The zero-order valence-corrected chi connectivity index (χ0v) is 18.3. The minimum Gasteiger partial charge on any atom is -0.371 e. The highest BCUT2D eigenvalue weighted by Gasteiger charge is 2.47. The van der Waals surface area contributed by atoms with E-state index in [1.165, 1.54) is 16.9 Å². The number of rotatable bonds is 6. The standard InChI is InChI=1S/C26H28N2O2S/c29-25(26(30,23-12-7-15-31-23)22-10-5-2-6-11-22)27-24-20-13-14-21(24)18-28(17-20)16-19-8-3-1-4-9-19/h1-12,15,20-21,24,30H,13-14,16-18H2,(H,27,29). The van der Waals surface area contributed by atoms with Crippen LogP contribution in [0.2, 0.25) is 0 Å². The SMILES string of the molecule is O=C(NC1C2CCC1CN(Cc1ccccc1)C2)C(O)(c1ccccc1)c1cccs1. The van der Waals surface area contributed by atoms with Crippen molar-refractivity contribution in [1.82, 2.24) is 10.2 Å². The van der Waals surface area contributed by atoms with Crippen LogP contribution in [-0.4, -0.2) is 35.0 Å². The molecule has 1 saturated heterocycles. The Bertz CT molecular complexity index is 994. The number of carbonyl (C=O) groups excluding carboxylic acids is 1. The number of aliphatic hydroxyl groups is 1. The minimum atomic E-state index is -1.66. The summed E-state index contributed by atoms with van der Waals surface area (Å²) in [6.07, 6.45) is 2.26. The molecule has 2 bridgehead atoms. The molecule has 1 aliphatic carbocycles. The molecule has 5 heteroatoms. The Morgan fingerprint density at radius 1 is 0.968 bits per heavy atom. The van der Waals surface area contributed by atoms with Crippen LogP contribution in [0.1, 0.15) is 28.8 Å². The normalized spacial score (nSPS) is 25.1. The van der Waals surface area contributed by atoms with Crippen molar-refractivity contribution < 1.29 is 9.90 Å². The van der Waals surface area contributed by atoms with E-state index in [4.69, 9.17) is 0 Å². The van der Waals surface area contributed by atoms with Crippen molar-refractivity contribution in [3.8, 4) is 0 Å². The van der Waals surface area contributed by atoms with Gasteiger partial charge in [0.15, 0.2) is 0 Å². The van der Waals surface area contributed by atoms with Crippen molar-refractivity contribution in [3.05, 3.63) is 94.2 Å². The van der Waals surface area contributed by atoms with Gasteiger partial charge in [-0.15, -0.1) is 11.3 Å². The van der Waals surface area contributed by atoms with Crippen molar-refractivity contribution in [2.75, 3.05) is 13.1 Å². The Morgan fingerprint density at radius 3 is 2.23 bits per heavy atom. The van der Waals surface area contributed by atoms with Crippen LogP contribution >= 0.6 is 11.3 Å². The number of amides is 1. The number of hydrogen-bond acceptors (Lipinski definition) is 4. The molecule has 1 saturated carbocycles. The number of nitrogens with one attached hydrogen (secondary N) is 1. The van der Waals surface area contributed by atoms with Crippen LogP contribution in [0.15, 0.2) is 78.2 Å². The molecule has 1 aliphatic heterocycles. The van der Waals surface area contributed by atoms with Gasteiger partial charge in [0.2, 0.25) is 5.60 Å². The molecule has 1 aromatic heterocycles. The lowest BCUT2D eigenvalue weighted by atomic mass is 9.87. The summed E-state index contributed by atoms with van der Waals surface area (Å²) < 4.78 is 0. The van der Waals surface area contributed by atoms with E-state index in [0.29, 0.717) is 22.3 Å². The fraction of sp³-hybridized carbons (Fsp3) is 0.346. The molecule has 5 rings (SSSR count). The first kappa shape index (κ1) is 20.4. The molecular formula is C26H28N2O2S. The van der Waals surface area contributed by atoms with E-state index in [-0.39, 0.29) is 11.9 Å². The Hall–Kier alpha value is -2.47. The first-order chi connectivity index (χ1) is 15.1. The predicted octanol–water partition coefficient (Wildman–Crippen LogP) is 4.01. The Morgan fingerprint density at radius 2 is 1.61 bits per heavy atom. The summed E-state index contributed by atoms with van der Waals surface area (Å²) in [6, 6.07) is 23.7. The molecule has 2 fully saturated rings. The number of likely N-dealkylation sites (tertiary alicyclic amines) is 1. The highest BCUT2D eigenvalue weighted by atomic mass is 32.1. The number of fused-ring (bicyclic) bond motifs is 2. The molecule has 3 atom stereocenters. The average molecular weight is 433 g/mol. The highest BCUT2D eigenvalue weighted by molar-refractivity contribution is 7.10. The van der Waals surface area contributed by atoms with E-state index < -0.39 is 5.60 Å². The third kappa shape index (κ3) is 3.93. The first-order valence-electron chi connectivity index (χ1n) is 11.0. The number of carbonyl (C=O) groups is 1. The Kier molecular flexibility index (Phi) is 5.65. The molecule has 3 unspecified atom stereocenters. The molecule has 2 heterocycles. The zero-order valence-electron chi connectivity index (χ0n) is 17.5. The van der Waals surface area contributed by atoms with Crippen LogP contribution in [0.3, 0.4) is 0 Å². The summed E-state index contributed by atoms with van der Waals surface area (Å²) in [5.74, 6) is 0.545. The number of hydrogen-bond donors (Lipinski definition) is 2. The molecule has 160 valence electrons. The van der Waals surface area contributed by atoms with E-state index in [0.717, 1.165) is 32.5 Å². The van der Waals surface area contributed by atoms with Crippen LogP contribution in [0.5, 0.6) is 0 Å². The molecule has 4 nitrogen and oxygen atoms in total. The lowest BCUT2D eigenvalue weighted by Gasteiger charge is -2.40. The molecule has 3 aromatic rings. The second kappa shape index (κ2) is 8.58. The van der Waals surface area contributed by atoms with Crippen LogP contribution in [0.25, 0.3) is 0 Å². The largest absolute Gasteiger partial charge is 0.371 e. The van der Waals surface area contributed by atoms with Gasteiger partial charge in [-0.05, 0) is 47.3 Å². The van der Waals surface area contributed by atoms with Gasteiger partial charge in [0, 0.05) is 25.7 Å². The zero-order chi connectivity index (χ0) is 21.3. The first-order valence-corrected chi connectivity index (χ1v) is 11.9. The molecule has 2 aliphatic rings. The molecular weight excluding hydrogens is 404 g/mol. The molecule has 31 heavy (non-hydrogen) atoms. The van der Waals surface area contributed by atoms with Crippen LogP contribution < -0.4 is 5.32 Å². The van der Waals surface area contributed by atoms with Gasteiger partial charge >= 0.3 is 0 Å². The van der Waals surface area contributed by atoms with E-state index in [1.807, 2.05) is 47.8 Å². The highest BCUT2D eigenvalue weighted by Crippen LogP contribution is 2.39. The van der Waals surface area contributed by atoms with Gasteiger partial charge in [0.1, 0.15) is 0 Å². The number of piperidine rings is 1. The summed E-state index contributed by atoms with van der Waals surface area (Å²) in [5.41, 5.74) is 0.292. The third-order valence-corrected chi connectivity index (χ3v) is 7.83. The lowest BCUT2D eigenvalue weighted by molar-refractivity contribution is -0.138. The average Bonchev–Trinajstić information content (AvgIpc) is 3.42. The van der Waals surface area contributed by atoms with Gasteiger partial charge in [0.25, 0.3) is 5.91 Å². The van der Waals surface area contributed by atoms with Gasteiger partial charge in [-0.2, -0.15) is 0 Å². The van der Waals surface area contributed by atoms with E-state index in [1.54, 1.807) is 0 Å². The molecule has 2 aromatic carbocycles.